The van der Waals surface area contributed by atoms with Gasteiger partial charge >= 0.3 is 5.97 Å². The Morgan fingerprint density at radius 2 is 1.68 bits per heavy atom. The second-order valence-electron chi connectivity index (χ2n) is 11.1. The zero-order valence-corrected chi connectivity index (χ0v) is 25.6. The minimum absolute atomic E-state index is 0.00545. The topological polar surface area (TPSA) is 268 Å². The molecular formula is C31H37N9O7. The number of guanidine groups is 1. The maximum absolute atomic E-state index is 13.5. The largest absolute Gasteiger partial charge is 0.481 e. The molecule has 248 valence electrons. The molecule has 0 spiro atoms. The van der Waals surface area contributed by atoms with Gasteiger partial charge in [-0.3, -0.25) is 33.8 Å². The second kappa shape index (κ2) is 14.9. The molecule has 3 atom stereocenters. The highest BCUT2D eigenvalue weighted by molar-refractivity contribution is 6.01. The number of carbonyl (C=O) groups excluding carboxylic acids is 5. The number of carboxylic acids is 1. The number of rotatable bonds is 7. The number of carboxylic acid groups (broad SMARTS) is 1. The summed E-state index contributed by atoms with van der Waals surface area (Å²) in [6.07, 6.45) is 1.32. The number of aromatic nitrogens is 1. The number of nitrogens with zero attached hydrogens (tertiary/aromatic N) is 2. The molecule has 47 heavy (non-hydrogen) atoms. The number of aliphatic carboxylic acids is 1. The maximum atomic E-state index is 13.5. The molecule has 16 heteroatoms. The van der Waals surface area contributed by atoms with Gasteiger partial charge in [-0.2, -0.15) is 0 Å². The van der Waals surface area contributed by atoms with Gasteiger partial charge in [0.05, 0.1) is 18.5 Å². The van der Waals surface area contributed by atoms with Crippen molar-refractivity contribution in [1.82, 2.24) is 25.8 Å². The van der Waals surface area contributed by atoms with E-state index in [1.807, 2.05) is 18.2 Å². The third-order valence-electron chi connectivity index (χ3n) is 7.82. The maximum Gasteiger partial charge on any atom is 0.305 e. The fourth-order valence-electron chi connectivity index (χ4n) is 5.38. The van der Waals surface area contributed by atoms with E-state index in [1.54, 1.807) is 30.5 Å². The Kier molecular flexibility index (Phi) is 10.8. The highest BCUT2D eigenvalue weighted by Crippen LogP contribution is 2.31. The molecule has 3 heterocycles. The Labute approximate surface area is 269 Å². The van der Waals surface area contributed by atoms with E-state index in [0.29, 0.717) is 12.0 Å². The van der Waals surface area contributed by atoms with E-state index < -0.39 is 66.6 Å². The lowest BCUT2D eigenvalue weighted by atomic mass is 9.98. The minimum atomic E-state index is -1.58. The number of H-pyrrole nitrogens is 1. The summed E-state index contributed by atoms with van der Waals surface area (Å²) in [6, 6.07) is 8.42. The first kappa shape index (κ1) is 34.0. The first-order chi connectivity index (χ1) is 22.3. The van der Waals surface area contributed by atoms with E-state index in [4.69, 9.17) is 17.2 Å². The normalized spacial score (nSPS) is 19.4. The van der Waals surface area contributed by atoms with Gasteiger partial charge in [0.1, 0.15) is 18.1 Å². The van der Waals surface area contributed by atoms with Crippen LogP contribution < -0.4 is 33.2 Å². The van der Waals surface area contributed by atoms with E-state index in [0.717, 1.165) is 26.9 Å². The lowest BCUT2D eigenvalue weighted by Gasteiger charge is -2.29. The summed E-state index contributed by atoms with van der Waals surface area (Å²) in [6.45, 7) is -0.459. The van der Waals surface area contributed by atoms with Crippen molar-refractivity contribution >= 4 is 52.4 Å². The molecule has 3 aromatic rings. The number of para-hydroxylation sites is 1. The van der Waals surface area contributed by atoms with E-state index in [1.165, 1.54) is 7.05 Å². The average molecular weight is 648 g/mol. The molecule has 16 nitrogen and oxygen atoms in total. The molecule has 0 aliphatic carbocycles. The third-order valence-corrected chi connectivity index (χ3v) is 7.82. The Balaban J connectivity index is 1.74. The van der Waals surface area contributed by atoms with Crippen LogP contribution in [0.3, 0.4) is 0 Å². The molecular weight excluding hydrogens is 610 g/mol. The van der Waals surface area contributed by atoms with Crippen LogP contribution in [0.15, 0.2) is 53.7 Å². The summed E-state index contributed by atoms with van der Waals surface area (Å²) in [5.41, 5.74) is 19.7. The number of nitrogens with one attached hydrogen (secondary N) is 4. The van der Waals surface area contributed by atoms with Crippen LogP contribution in [-0.4, -0.2) is 94.7 Å². The SMILES string of the molecule is CN1C(=O)[C@H](CC(=O)O)NC(=O)CNC(=O)[C@H](CCCN=C(N)N)NC(=O)c2ccc(cc2)-c2cccc3c(c[nH]c23)C[C@@H]1C(N)=O. The predicted octanol–water partition coefficient (Wildman–Crippen LogP) is -1.07. The highest BCUT2D eigenvalue weighted by Gasteiger charge is 2.33. The Morgan fingerprint density at radius 3 is 2.34 bits per heavy atom. The number of hydrogen-bond donors (Lipinski definition) is 8. The van der Waals surface area contributed by atoms with Crippen molar-refractivity contribution < 1.29 is 33.9 Å². The molecule has 0 saturated carbocycles. The van der Waals surface area contributed by atoms with E-state index >= 15 is 0 Å². The molecule has 0 saturated heterocycles. The van der Waals surface area contributed by atoms with Crippen LogP contribution in [0.5, 0.6) is 0 Å². The molecule has 0 fully saturated rings. The monoisotopic (exact) mass is 647 g/mol. The number of fused-ring (bicyclic) bond motifs is 14. The molecule has 5 rings (SSSR count). The molecule has 5 amide bonds. The van der Waals surface area contributed by atoms with Gasteiger partial charge in [-0.05, 0) is 36.1 Å². The van der Waals surface area contributed by atoms with Crippen LogP contribution in [0, 0.1) is 0 Å². The van der Waals surface area contributed by atoms with Crippen molar-refractivity contribution in [3.8, 4) is 11.1 Å². The third kappa shape index (κ3) is 8.42. The quantitative estimate of drug-likeness (QED) is 0.0670. The lowest BCUT2D eigenvalue weighted by molar-refractivity contribution is -0.145. The van der Waals surface area contributed by atoms with E-state index in [2.05, 4.69) is 25.9 Å². The number of carbonyl (C=O) groups is 6. The molecule has 2 aromatic carbocycles. The standard InChI is InChI=1S/C31H37N9O7/c1-40-23(27(32)44)12-18-14-36-26-19(4-2-5-20(18)26)16-7-9-17(10-8-16)28(45)39-21(6-3-11-35-31(33)34)29(46)37-15-24(41)38-22(30(40)47)13-25(42)43/h2,4-5,7-10,14,21-23,36H,3,6,11-13,15H2,1H3,(H2,32,44)(H,37,46)(H,38,41)(H,39,45)(H,42,43)(H4,33,34,35)/t21-,22-,23+/m0/s1. The van der Waals surface area contributed by atoms with Crippen LogP contribution in [0.1, 0.15) is 35.2 Å². The van der Waals surface area contributed by atoms with Crippen LogP contribution in [0.4, 0.5) is 0 Å². The van der Waals surface area contributed by atoms with Crippen molar-refractivity contribution in [2.45, 2.75) is 43.8 Å². The number of aliphatic imine (C=N–C) groups is 1. The fourth-order valence-corrected chi connectivity index (χ4v) is 5.38. The van der Waals surface area contributed by atoms with Gasteiger partial charge in [0, 0.05) is 42.7 Å². The van der Waals surface area contributed by atoms with Gasteiger partial charge in [-0.15, -0.1) is 0 Å². The predicted molar refractivity (Wildman–Crippen MR) is 172 cm³/mol. The zero-order valence-electron chi connectivity index (χ0n) is 25.6. The van der Waals surface area contributed by atoms with Crippen molar-refractivity contribution in [3.05, 3.63) is 59.8 Å². The fraction of sp³-hybridized carbons (Fsp3) is 0.323. The van der Waals surface area contributed by atoms with Crippen LogP contribution in [0.2, 0.25) is 0 Å². The molecule has 1 aromatic heterocycles. The smallest absolute Gasteiger partial charge is 0.305 e. The molecule has 0 radical (unpaired) electrons. The molecule has 2 aliphatic heterocycles. The van der Waals surface area contributed by atoms with Gasteiger partial charge < -0.3 is 48.1 Å². The Bertz CT molecular complexity index is 1710. The summed E-state index contributed by atoms with van der Waals surface area (Å²) >= 11 is 0. The summed E-state index contributed by atoms with van der Waals surface area (Å²) in [4.78, 5) is 85.1. The van der Waals surface area contributed by atoms with Gasteiger partial charge in [0.15, 0.2) is 5.96 Å². The molecule has 11 N–H and O–H groups in total. The Hall–Kier alpha value is -5.93. The van der Waals surface area contributed by atoms with Gasteiger partial charge in [-0.1, -0.05) is 30.3 Å². The van der Waals surface area contributed by atoms with E-state index in [9.17, 15) is 33.9 Å². The number of amides is 5. The highest BCUT2D eigenvalue weighted by atomic mass is 16.4. The number of nitrogens with two attached hydrogens (primary N) is 3. The number of hydrogen-bond acceptors (Lipinski definition) is 7. The first-order valence-electron chi connectivity index (χ1n) is 14.8. The first-order valence-corrected chi connectivity index (χ1v) is 14.8. The van der Waals surface area contributed by atoms with Gasteiger partial charge in [-0.25, -0.2) is 0 Å². The summed E-state index contributed by atoms with van der Waals surface area (Å²) in [7, 11) is 1.30. The molecule has 0 unspecified atom stereocenters. The van der Waals surface area contributed by atoms with Crippen molar-refractivity contribution in [3.63, 3.8) is 0 Å². The zero-order chi connectivity index (χ0) is 34.2. The van der Waals surface area contributed by atoms with Crippen molar-refractivity contribution in [2.24, 2.45) is 22.2 Å². The van der Waals surface area contributed by atoms with Gasteiger partial charge in [0.2, 0.25) is 23.6 Å². The Morgan fingerprint density at radius 1 is 0.979 bits per heavy atom. The number of benzene rings is 2. The van der Waals surface area contributed by atoms with Crippen molar-refractivity contribution in [1.29, 1.82) is 0 Å². The van der Waals surface area contributed by atoms with E-state index in [-0.39, 0.29) is 30.9 Å². The average Bonchev–Trinajstić information content (AvgIpc) is 3.45. The second-order valence-corrected chi connectivity index (χ2v) is 11.1. The van der Waals surface area contributed by atoms with Crippen molar-refractivity contribution in [2.75, 3.05) is 20.1 Å². The number of primary amides is 1. The summed E-state index contributed by atoms with van der Waals surface area (Å²) in [5.74, 6) is -5.35. The summed E-state index contributed by atoms with van der Waals surface area (Å²) < 4.78 is 0. The van der Waals surface area contributed by atoms with Crippen LogP contribution >= 0.6 is 0 Å². The lowest BCUT2D eigenvalue weighted by Crippen LogP contribution is -2.56. The number of aromatic amines is 1. The van der Waals surface area contributed by atoms with Crippen LogP contribution in [0.25, 0.3) is 22.0 Å². The van der Waals surface area contributed by atoms with Crippen LogP contribution in [-0.2, 0) is 30.4 Å². The van der Waals surface area contributed by atoms with Gasteiger partial charge in [0.25, 0.3) is 5.91 Å². The molecule has 2 aliphatic rings. The number of likely N-dealkylation sites (N-methyl/N-ethyl adjacent to an activating group) is 1. The summed E-state index contributed by atoms with van der Waals surface area (Å²) in [5, 5.41) is 17.6. The molecule has 6 bridgehead atoms. The minimum Gasteiger partial charge on any atom is -0.481 e.